The number of anilines is 1. The highest BCUT2D eigenvalue weighted by Gasteiger charge is 2.32. The average molecular weight is 252 g/mol. The number of hydrogen-bond donors (Lipinski definition) is 2. The van der Waals surface area contributed by atoms with Gasteiger partial charge in [-0.3, -0.25) is 4.79 Å². The van der Waals surface area contributed by atoms with Gasteiger partial charge in [-0.1, -0.05) is 0 Å². The Morgan fingerprint density at radius 2 is 2.11 bits per heavy atom. The van der Waals surface area contributed by atoms with Crippen LogP contribution in [0.2, 0.25) is 0 Å². The Morgan fingerprint density at radius 1 is 1.44 bits per heavy atom. The minimum Gasteiger partial charge on any atom is -0.396 e. The normalized spacial score (nSPS) is 24.4. The van der Waals surface area contributed by atoms with Crippen molar-refractivity contribution in [1.29, 1.82) is 0 Å². The van der Waals surface area contributed by atoms with Crippen LogP contribution in [0.3, 0.4) is 0 Å². The number of carbonyl (C=O) groups is 1. The summed E-state index contributed by atoms with van der Waals surface area (Å²) >= 11 is 0. The first-order chi connectivity index (χ1) is 8.61. The Balaban J connectivity index is 2.20. The van der Waals surface area contributed by atoms with E-state index >= 15 is 0 Å². The number of hydrogen-bond acceptors (Lipinski definition) is 3. The van der Waals surface area contributed by atoms with Crippen LogP contribution < -0.4 is 10.2 Å². The van der Waals surface area contributed by atoms with Crippen molar-refractivity contribution >= 4 is 11.6 Å². The van der Waals surface area contributed by atoms with Crippen LogP contribution in [0, 0.1) is 5.82 Å². The zero-order chi connectivity index (χ0) is 13.1. The standard InChI is InChI=1S/C13H17FN2O2/c1-9-8-16(11-4-2-10(14)3-5-11)13(18)12(15-9)6-7-17/h2-5,9,12,15,17H,6-8H2,1H3. The molecule has 98 valence electrons. The smallest absolute Gasteiger partial charge is 0.244 e. The molecule has 4 nitrogen and oxygen atoms in total. The number of rotatable bonds is 3. The Kier molecular flexibility index (Phi) is 3.93. The maximum absolute atomic E-state index is 12.9. The fraction of sp³-hybridized carbons (Fsp3) is 0.462. The topological polar surface area (TPSA) is 52.6 Å². The van der Waals surface area contributed by atoms with E-state index in [9.17, 15) is 9.18 Å². The lowest BCUT2D eigenvalue weighted by atomic mass is 10.1. The van der Waals surface area contributed by atoms with Crippen molar-refractivity contribution in [3.05, 3.63) is 30.1 Å². The van der Waals surface area contributed by atoms with Gasteiger partial charge in [0.05, 0.1) is 6.04 Å². The molecule has 1 heterocycles. The van der Waals surface area contributed by atoms with Gasteiger partial charge in [-0.15, -0.1) is 0 Å². The summed E-state index contributed by atoms with van der Waals surface area (Å²) in [5.74, 6) is -0.393. The van der Waals surface area contributed by atoms with Crippen LogP contribution in [0.5, 0.6) is 0 Å². The van der Waals surface area contributed by atoms with Crippen LogP contribution >= 0.6 is 0 Å². The average Bonchev–Trinajstić information content (AvgIpc) is 2.35. The third kappa shape index (κ3) is 2.68. The van der Waals surface area contributed by atoms with Gasteiger partial charge in [0.15, 0.2) is 0 Å². The molecule has 1 aliphatic heterocycles. The number of nitrogens with zero attached hydrogens (tertiary/aromatic N) is 1. The van der Waals surface area contributed by atoms with E-state index in [2.05, 4.69) is 5.32 Å². The molecule has 0 radical (unpaired) electrons. The summed E-state index contributed by atoms with van der Waals surface area (Å²) < 4.78 is 12.9. The lowest BCUT2D eigenvalue weighted by molar-refractivity contribution is -0.122. The third-order valence-electron chi connectivity index (χ3n) is 3.06. The number of halogens is 1. The lowest BCUT2D eigenvalue weighted by Gasteiger charge is -2.37. The highest BCUT2D eigenvalue weighted by Crippen LogP contribution is 2.20. The minimum absolute atomic E-state index is 0.0343. The van der Waals surface area contributed by atoms with Crippen LogP contribution in [0.15, 0.2) is 24.3 Å². The number of nitrogens with one attached hydrogen (secondary N) is 1. The van der Waals surface area contributed by atoms with Gasteiger partial charge in [-0.05, 0) is 37.6 Å². The van der Waals surface area contributed by atoms with E-state index in [1.54, 1.807) is 17.0 Å². The van der Waals surface area contributed by atoms with E-state index in [-0.39, 0.29) is 30.4 Å². The van der Waals surface area contributed by atoms with Gasteiger partial charge in [0.25, 0.3) is 0 Å². The number of carbonyl (C=O) groups excluding carboxylic acids is 1. The minimum atomic E-state index is -0.371. The Hall–Kier alpha value is -1.46. The second kappa shape index (κ2) is 5.46. The second-order valence-corrected chi connectivity index (χ2v) is 4.56. The van der Waals surface area contributed by atoms with Gasteiger partial charge in [-0.2, -0.15) is 0 Å². The first-order valence-corrected chi connectivity index (χ1v) is 6.05. The fourth-order valence-corrected chi connectivity index (χ4v) is 2.21. The van der Waals surface area contributed by atoms with E-state index in [0.717, 1.165) is 0 Å². The van der Waals surface area contributed by atoms with Crippen molar-refractivity contribution < 1.29 is 14.3 Å². The number of aliphatic hydroxyl groups is 1. The predicted molar refractivity (Wildman–Crippen MR) is 66.8 cm³/mol. The molecule has 0 saturated carbocycles. The number of amides is 1. The highest BCUT2D eigenvalue weighted by atomic mass is 19.1. The molecular weight excluding hydrogens is 235 g/mol. The maximum Gasteiger partial charge on any atom is 0.244 e. The van der Waals surface area contributed by atoms with E-state index in [1.165, 1.54) is 12.1 Å². The maximum atomic E-state index is 12.9. The van der Waals surface area contributed by atoms with Crippen LogP contribution in [0.1, 0.15) is 13.3 Å². The van der Waals surface area contributed by atoms with Gasteiger partial charge in [-0.25, -0.2) is 4.39 Å². The van der Waals surface area contributed by atoms with Crippen molar-refractivity contribution in [2.45, 2.75) is 25.4 Å². The molecular formula is C13H17FN2O2. The highest BCUT2D eigenvalue weighted by molar-refractivity contribution is 5.98. The Labute approximate surface area is 105 Å². The molecule has 1 aromatic rings. The second-order valence-electron chi connectivity index (χ2n) is 4.56. The summed E-state index contributed by atoms with van der Waals surface area (Å²) in [4.78, 5) is 13.8. The summed E-state index contributed by atoms with van der Waals surface area (Å²) in [5.41, 5.74) is 0.692. The zero-order valence-corrected chi connectivity index (χ0v) is 10.3. The first-order valence-electron chi connectivity index (χ1n) is 6.05. The van der Waals surface area contributed by atoms with E-state index in [4.69, 9.17) is 5.11 Å². The molecule has 18 heavy (non-hydrogen) atoms. The molecule has 1 amide bonds. The monoisotopic (exact) mass is 252 g/mol. The Bertz CT molecular complexity index is 422. The van der Waals surface area contributed by atoms with Gasteiger partial charge in [0, 0.05) is 24.9 Å². The first kappa shape index (κ1) is 13.0. The number of aliphatic hydroxyl groups excluding tert-OH is 1. The molecule has 0 aromatic heterocycles. The summed E-state index contributed by atoms with van der Waals surface area (Å²) in [5, 5.41) is 12.1. The zero-order valence-electron chi connectivity index (χ0n) is 10.3. The summed E-state index contributed by atoms with van der Waals surface area (Å²) in [6.07, 6.45) is 0.390. The quantitative estimate of drug-likeness (QED) is 0.840. The van der Waals surface area contributed by atoms with Crippen LogP contribution in [-0.4, -0.2) is 36.2 Å². The van der Waals surface area contributed by atoms with Crippen molar-refractivity contribution in [1.82, 2.24) is 5.32 Å². The van der Waals surface area contributed by atoms with Crippen molar-refractivity contribution in [2.75, 3.05) is 18.1 Å². The summed E-state index contributed by atoms with van der Waals surface area (Å²) in [7, 11) is 0. The molecule has 2 unspecified atom stereocenters. The van der Waals surface area contributed by atoms with Gasteiger partial charge >= 0.3 is 0 Å². The molecule has 2 N–H and O–H groups in total. The fourth-order valence-electron chi connectivity index (χ4n) is 2.21. The molecule has 0 spiro atoms. The predicted octanol–water partition coefficient (Wildman–Crippen LogP) is 0.901. The van der Waals surface area contributed by atoms with E-state index in [0.29, 0.717) is 18.7 Å². The summed E-state index contributed by atoms with van der Waals surface area (Å²) in [6.45, 7) is 2.49. The van der Waals surface area contributed by atoms with Gasteiger partial charge in [0.1, 0.15) is 5.82 Å². The molecule has 1 aromatic carbocycles. The van der Waals surface area contributed by atoms with Gasteiger partial charge in [0.2, 0.25) is 5.91 Å². The molecule has 1 fully saturated rings. The lowest BCUT2D eigenvalue weighted by Crippen LogP contribution is -2.59. The van der Waals surface area contributed by atoms with Gasteiger partial charge < -0.3 is 15.3 Å². The molecule has 0 aliphatic carbocycles. The van der Waals surface area contributed by atoms with Crippen molar-refractivity contribution in [2.24, 2.45) is 0 Å². The Morgan fingerprint density at radius 3 is 2.72 bits per heavy atom. The van der Waals surface area contributed by atoms with Crippen LogP contribution in [0.4, 0.5) is 10.1 Å². The third-order valence-corrected chi connectivity index (χ3v) is 3.06. The molecule has 0 bridgehead atoms. The largest absolute Gasteiger partial charge is 0.396 e. The van der Waals surface area contributed by atoms with Crippen molar-refractivity contribution in [3.8, 4) is 0 Å². The molecule has 2 rings (SSSR count). The molecule has 1 aliphatic rings. The number of piperazine rings is 1. The van der Waals surface area contributed by atoms with E-state index in [1.807, 2.05) is 6.92 Å². The number of benzene rings is 1. The van der Waals surface area contributed by atoms with E-state index < -0.39 is 0 Å². The molecule has 1 saturated heterocycles. The van der Waals surface area contributed by atoms with Crippen molar-refractivity contribution in [3.63, 3.8) is 0 Å². The summed E-state index contributed by atoms with van der Waals surface area (Å²) in [6, 6.07) is 5.66. The molecule has 2 atom stereocenters. The SMILES string of the molecule is CC1CN(c2ccc(F)cc2)C(=O)C(CCO)N1. The van der Waals surface area contributed by atoms with Crippen LogP contribution in [-0.2, 0) is 4.79 Å². The van der Waals surface area contributed by atoms with Crippen LogP contribution in [0.25, 0.3) is 0 Å². The molecule has 5 heteroatoms.